The predicted molar refractivity (Wildman–Crippen MR) is 84.1 cm³/mol. The molecule has 0 aliphatic heterocycles. The minimum absolute atomic E-state index is 0.188. The number of hydrogen-bond acceptors (Lipinski definition) is 4. The molecule has 0 saturated carbocycles. The molecule has 0 fully saturated rings. The Hall–Kier alpha value is -2.53. The van der Waals surface area contributed by atoms with Gasteiger partial charge in [-0.15, -0.1) is 0 Å². The van der Waals surface area contributed by atoms with Crippen molar-refractivity contribution in [3.8, 4) is 11.5 Å². The SMILES string of the molecule is COc1cc(Cl)ccc1NC(=O)Oc1ccccc1C(C)=O. The third-order valence-electron chi connectivity index (χ3n) is 2.87. The van der Waals surface area contributed by atoms with Gasteiger partial charge in [0.05, 0.1) is 18.4 Å². The molecule has 1 N–H and O–H groups in total. The fraction of sp³-hybridized carbons (Fsp3) is 0.125. The lowest BCUT2D eigenvalue weighted by Gasteiger charge is -2.12. The number of carbonyl (C=O) groups excluding carboxylic acids is 2. The molecule has 114 valence electrons. The molecule has 0 unspecified atom stereocenters. The van der Waals surface area contributed by atoms with Gasteiger partial charge in [-0.1, -0.05) is 23.7 Å². The maximum Gasteiger partial charge on any atom is 0.417 e. The van der Waals surface area contributed by atoms with Crippen molar-refractivity contribution in [2.75, 3.05) is 12.4 Å². The van der Waals surface area contributed by atoms with E-state index >= 15 is 0 Å². The first kappa shape index (κ1) is 15.9. The second kappa shape index (κ2) is 6.95. The first-order valence-electron chi connectivity index (χ1n) is 6.43. The Labute approximate surface area is 132 Å². The van der Waals surface area contributed by atoms with Crippen molar-refractivity contribution >= 4 is 29.2 Å². The van der Waals surface area contributed by atoms with Crippen LogP contribution in [-0.2, 0) is 0 Å². The van der Waals surface area contributed by atoms with Crippen molar-refractivity contribution in [2.24, 2.45) is 0 Å². The number of rotatable bonds is 4. The topological polar surface area (TPSA) is 64.6 Å². The van der Waals surface area contributed by atoms with E-state index in [1.807, 2.05) is 0 Å². The highest BCUT2D eigenvalue weighted by Gasteiger charge is 2.13. The van der Waals surface area contributed by atoms with Crippen LogP contribution in [0, 0.1) is 0 Å². The van der Waals surface area contributed by atoms with E-state index in [4.69, 9.17) is 21.1 Å². The molecule has 0 bridgehead atoms. The third-order valence-corrected chi connectivity index (χ3v) is 3.10. The molecule has 0 atom stereocenters. The van der Waals surface area contributed by atoms with Gasteiger partial charge in [0.1, 0.15) is 11.5 Å². The zero-order valence-corrected chi connectivity index (χ0v) is 12.8. The van der Waals surface area contributed by atoms with Crippen LogP contribution in [0.1, 0.15) is 17.3 Å². The van der Waals surface area contributed by atoms with E-state index in [1.54, 1.807) is 42.5 Å². The summed E-state index contributed by atoms with van der Waals surface area (Å²) in [5.41, 5.74) is 0.748. The summed E-state index contributed by atoms with van der Waals surface area (Å²) >= 11 is 5.86. The molecule has 0 radical (unpaired) electrons. The highest BCUT2D eigenvalue weighted by molar-refractivity contribution is 6.30. The number of hydrogen-bond donors (Lipinski definition) is 1. The van der Waals surface area contributed by atoms with E-state index < -0.39 is 6.09 Å². The largest absolute Gasteiger partial charge is 0.495 e. The zero-order chi connectivity index (χ0) is 16.1. The smallest absolute Gasteiger partial charge is 0.417 e. The monoisotopic (exact) mass is 319 g/mol. The summed E-state index contributed by atoms with van der Waals surface area (Å²) < 4.78 is 10.3. The molecule has 0 aliphatic carbocycles. The maximum atomic E-state index is 12.0. The number of anilines is 1. The molecule has 0 saturated heterocycles. The van der Waals surface area contributed by atoms with E-state index in [9.17, 15) is 9.59 Å². The number of Topliss-reactive ketones (excluding diaryl/α,β-unsaturated/α-hetero) is 1. The average Bonchev–Trinajstić information content (AvgIpc) is 2.49. The van der Waals surface area contributed by atoms with Gasteiger partial charge in [-0.2, -0.15) is 0 Å². The van der Waals surface area contributed by atoms with Gasteiger partial charge in [-0.25, -0.2) is 4.79 Å². The molecular weight excluding hydrogens is 306 g/mol. The molecule has 2 aromatic carbocycles. The number of para-hydroxylation sites is 1. The fourth-order valence-corrected chi connectivity index (χ4v) is 2.01. The van der Waals surface area contributed by atoms with Gasteiger partial charge >= 0.3 is 6.09 Å². The van der Waals surface area contributed by atoms with Crippen molar-refractivity contribution in [2.45, 2.75) is 6.92 Å². The van der Waals surface area contributed by atoms with Crippen LogP contribution >= 0.6 is 11.6 Å². The highest BCUT2D eigenvalue weighted by Crippen LogP contribution is 2.28. The number of benzene rings is 2. The lowest BCUT2D eigenvalue weighted by Crippen LogP contribution is -2.18. The summed E-state index contributed by atoms with van der Waals surface area (Å²) in [5.74, 6) is 0.414. The van der Waals surface area contributed by atoms with Gasteiger partial charge in [-0.05, 0) is 31.2 Å². The van der Waals surface area contributed by atoms with Crippen LogP contribution < -0.4 is 14.8 Å². The van der Waals surface area contributed by atoms with Crippen molar-refractivity contribution in [1.29, 1.82) is 0 Å². The standard InChI is InChI=1S/C16H14ClNO4/c1-10(19)12-5-3-4-6-14(12)22-16(20)18-13-8-7-11(17)9-15(13)21-2/h3-9H,1-2H3,(H,18,20). The summed E-state index contributed by atoms with van der Waals surface area (Å²) in [6.45, 7) is 1.41. The quantitative estimate of drug-likeness (QED) is 0.859. The molecule has 0 aromatic heterocycles. The third kappa shape index (κ3) is 3.77. The normalized spacial score (nSPS) is 9.95. The number of methoxy groups -OCH3 is 1. The van der Waals surface area contributed by atoms with Gasteiger partial charge in [0, 0.05) is 11.1 Å². The minimum Gasteiger partial charge on any atom is -0.495 e. The summed E-state index contributed by atoms with van der Waals surface area (Å²) in [6, 6.07) is 11.3. The van der Waals surface area contributed by atoms with E-state index in [0.717, 1.165) is 0 Å². The van der Waals surface area contributed by atoms with Crippen molar-refractivity contribution in [1.82, 2.24) is 0 Å². The predicted octanol–water partition coefficient (Wildman–Crippen LogP) is 4.16. The molecule has 2 aromatic rings. The highest BCUT2D eigenvalue weighted by atomic mass is 35.5. The summed E-state index contributed by atoms with van der Waals surface area (Å²) in [6.07, 6.45) is -0.727. The molecule has 6 heteroatoms. The number of carbonyl (C=O) groups is 2. The van der Waals surface area contributed by atoms with Crippen molar-refractivity contribution in [3.05, 3.63) is 53.1 Å². The zero-order valence-electron chi connectivity index (χ0n) is 12.1. The summed E-state index contributed by atoms with van der Waals surface area (Å²) in [4.78, 5) is 23.5. The number of ether oxygens (including phenoxy) is 2. The van der Waals surface area contributed by atoms with Crippen LogP contribution in [0.4, 0.5) is 10.5 Å². The molecule has 0 spiro atoms. The average molecular weight is 320 g/mol. The minimum atomic E-state index is -0.727. The Balaban J connectivity index is 2.16. The van der Waals surface area contributed by atoms with E-state index in [-0.39, 0.29) is 11.5 Å². The lowest BCUT2D eigenvalue weighted by molar-refractivity contribution is 0.101. The molecule has 1 amide bonds. The van der Waals surface area contributed by atoms with E-state index in [1.165, 1.54) is 14.0 Å². The fourth-order valence-electron chi connectivity index (χ4n) is 1.85. The number of nitrogens with one attached hydrogen (secondary N) is 1. The summed E-state index contributed by atoms with van der Waals surface area (Å²) in [5, 5.41) is 3.03. The van der Waals surface area contributed by atoms with Gasteiger partial charge in [0.25, 0.3) is 0 Å². The molecule has 2 rings (SSSR count). The summed E-state index contributed by atoms with van der Waals surface area (Å²) in [7, 11) is 1.47. The van der Waals surface area contributed by atoms with E-state index in [0.29, 0.717) is 22.0 Å². The molecule has 22 heavy (non-hydrogen) atoms. The second-order valence-corrected chi connectivity index (χ2v) is 4.85. The first-order chi connectivity index (χ1) is 10.5. The van der Waals surface area contributed by atoms with E-state index in [2.05, 4.69) is 5.32 Å². The second-order valence-electron chi connectivity index (χ2n) is 4.41. The Kier molecular flexibility index (Phi) is 5.01. The van der Waals surface area contributed by atoms with Crippen LogP contribution in [-0.4, -0.2) is 19.0 Å². The van der Waals surface area contributed by atoms with Gasteiger partial charge < -0.3 is 9.47 Å². The molecule has 5 nitrogen and oxygen atoms in total. The molecule has 0 aliphatic rings. The Morgan fingerprint density at radius 3 is 2.50 bits per heavy atom. The Morgan fingerprint density at radius 1 is 1.09 bits per heavy atom. The van der Waals surface area contributed by atoms with Gasteiger partial charge in [0.2, 0.25) is 0 Å². The van der Waals surface area contributed by atoms with Crippen molar-refractivity contribution < 1.29 is 19.1 Å². The Bertz CT molecular complexity index is 715. The van der Waals surface area contributed by atoms with Gasteiger partial charge in [0.15, 0.2) is 5.78 Å². The molecular formula is C16H14ClNO4. The lowest BCUT2D eigenvalue weighted by atomic mass is 10.1. The van der Waals surface area contributed by atoms with Crippen LogP contribution in [0.3, 0.4) is 0 Å². The van der Waals surface area contributed by atoms with Crippen LogP contribution in [0.5, 0.6) is 11.5 Å². The first-order valence-corrected chi connectivity index (χ1v) is 6.81. The van der Waals surface area contributed by atoms with Crippen LogP contribution in [0.15, 0.2) is 42.5 Å². The van der Waals surface area contributed by atoms with Gasteiger partial charge in [-0.3, -0.25) is 10.1 Å². The maximum absolute atomic E-state index is 12.0. The number of ketones is 1. The van der Waals surface area contributed by atoms with Crippen LogP contribution in [0.2, 0.25) is 5.02 Å². The molecule has 0 heterocycles. The van der Waals surface area contributed by atoms with Crippen molar-refractivity contribution in [3.63, 3.8) is 0 Å². The number of amides is 1. The number of halogens is 1. The Morgan fingerprint density at radius 2 is 1.82 bits per heavy atom. The van der Waals surface area contributed by atoms with Crippen LogP contribution in [0.25, 0.3) is 0 Å².